The second kappa shape index (κ2) is 6.17. The molecule has 0 unspecified atom stereocenters. The average Bonchev–Trinajstić information content (AvgIpc) is 3.01. The predicted octanol–water partition coefficient (Wildman–Crippen LogP) is 4.44. The van der Waals surface area contributed by atoms with Crippen molar-refractivity contribution in [2.75, 3.05) is 0 Å². The van der Waals surface area contributed by atoms with Gasteiger partial charge in [0.2, 0.25) is 6.33 Å². The van der Waals surface area contributed by atoms with E-state index in [1.807, 2.05) is 25.2 Å². The zero-order valence-corrected chi connectivity index (χ0v) is 13.6. The Balaban J connectivity index is 2.03. The summed E-state index contributed by atoms with van der Waals surface area (Å²) in [5, 5.41) is 0. The van der Waals surface area contributed by atoms with Crippen molar-refractivity contribution < 1.29 is 4.57 Å². The van der Waals surface area contributed by atoms with Gasteiger partial charge in [0.05, 0.1) is 24.1 Å². The molecule has 1 heterocycles. The summed E-state index contributed by atoms with van der Waals surface area (Å²) in [7, 11) is 2.05. The van der Waals surface area contributed by atoms with E-state index in [1.54, 1.807) is 0 Å². The number of aryl methyl sites for hydroxylation is 1. The first-order valence-corrected chi connectivity index (χ1v) is 8.05. The molecule has 0 aliphatic heterocycles. The van der Waals surface area contributed by atoms with Crippen LogP contribution in [0.15, 0.2) is 91.0 Å². The smallest absolute Gasteiger partial charge is 0.244 e. The first-order valence-electron chi connectivity index (χ1n) is 8.05. The SMILES string of the molecule is C[n+]1[c-]n(-c2ccccc2)c(-c2ccccc2)c1-c1ccccc1. The van der Waals surface area contributed by atoms with Crippen LogP contribution in [0.2, 0.25) is 0 Å². The highest BCUT2D eigenvalue weighted by Gasteiger charge is 2.17. The van der Waals surface area contributed by atoms with Crippen LogP contribution in [0.1, 0.15) is 0 Å². The standard InChI is InChI=1S/C22H18N2/c1-23-17-24(20-15-9-4-10-16-20)22(19-13-7-3-8-14-19)21(23)18-11-5-2-6-12-18/h2-16H,1H3. The van der Waals surface area contributed by atoms with E-state index < -0.39 is 0 Å². The Morgan fingerprint density at radius 2 is 1.17 bits per heavy atom. The van der Waals surface area contributed by atoms with E-state index in [2.05, 4.69) is 88.3 Å². The minimum absolute atomic E-state index is 1.11. The van der Waals surface area contributed by atoms with Gasteiger partial charge in [0, 0.05) is 0 Å². The van der Waals surface area contributed by atoms with E-state index in [0.717, 1.165) is 17.1 Å². The van der Waals surface area contributed by atoms with Crippen molar-refractivity contribution in [2.24, 2.45) is 7.05 Å². The summed E-state index contributed by atoms with van der Waals surface area (Å²) in [6.45, 7) is 0. The number of imidazole rings is 1. The lowest BCUT2D eigenvalue weighted by Gasteiger charge is -2.12. The molecule has 0 spiro atoms. The van der Waals surface area contributed by atoms with Gasteiger partial charge in [-0.25, -0.2) is 0 Å². The quantitative estimate of drug-likeness (QED) is 0.391. The average molecular weight is 310 g/mol. The fourth-order valence-electron chi connectivity index (χ4n) is 3.07. The minimum Gasteiger partial charge on any atom is -0.319 e. The van der Waals surface area contributed by atoms with Gasteiger partial charge in [-0.3, -0.25) is 0 Å². The van der Waals surface area contributed by atoms with Crippen LogP contribution in [-0.2, 0) is 7.05 Å². The number of rotatable bonds is 3. The third kappa shape index (κ3) is 2.52. The van der Waals surface area contributed by atoms with Crippen LogP contribution in [-0.4, -0.2) is 4.57 Å². The molecule has 0 aliphatic carbocycles. The van der Waals surface area contributed by atoms with Gasteiger partial charge in [-0.15, -0.1) is 0 Å². The number of hydrogen-bond acceptors (Lipinski definition) is 0. The van der Waals surface area contributed by atoms with Crippen LogP contribution in [0, 0.1) is 6.33 Å². The van der Waals surface area contributed by atoms with Gasteiger partial charge in [-0.1, -0.05) is 91.0 Å². The molecule has 0 amide bonds. The van der Waals surface area contributed by atoms with E-state index in [-0.39, 0.29) is 0 Å². The lowest BCUT2D eigenvalue weighted by molar-refractivity contribution is -0.664. The monoisotopic (exact) mass is 310 g/mol. The lowest BCUT2D eigenvalue weighted by Crippen LogP contribution is -2.28. The maximum atomic E-state index is 3.46. The zero-order valence-electron chi connectivity index (χ0n) is 13.6. The van der Waals surface area contributed by atoms with Gasteiger partial charge < -0.3 is 9.13 Å². The Morgan fingerprint density at radius 3 is 1.75 bits per heavy atom. The third-order valence-corrected chi connectivity index (χ3v) is 4.14. The molecule has 0 N–H and O–H groups in total. The second-order valence-corrected chi connectivity index (χ2v) is 5.76. The summed E-state index contributed by atoms with van der Waals surface area (Å²) in [6, 6.07) is 31.3. The van der Waals surface area contributed by atoms with E-state index in [0.29, 0.717) is 0 Å². The number of benzene rings is 3. The summed E-state index contributed by atoms with van der Waals surface area (Å²) in [5.74, 6) is 0. The van der Waals surface area contributed by atoms with Gasteiger partial charge in [0.1, 0.15) is 0 Å². The van der Waals surface area contributed by atoms with Crippen molar-refractivity contribution in [3.8, 4) is 28.2 Å². The van der Waals surface area contributed by atoms with E-state index in [1.165, 1.54) is 11.1 Å². The summed E-state index contributed by atoms with van der Waals surface area (Å²) >= 11 is 0. The molecule has 3 aromatic carbocycles. The molecule has 0 fully saturated rings. The number of para-hydroxylation sites is 1. The highest BCUT2D eigenvalue weighted by atomic mass is 15.1. The largest absolute Gasteiger partial charge is 0.319 e. The van der Waals surface area contributed by atoms with Crippen molar-refractivity contribution in [1.82, 2.24) is 4.57 Å². The predicted molar refractivity (Wildman–Crippen MR) is 96.7 cm³/mol. The molecule has 1 aromatic heterocycles. The van der Waals surface area contributed by atoms with Crippen molar-refractivity contribution in [1.29, 1.82) is 0 Å². The van der Waals surface area contributed by atoms with Crippen molar-refractivity contribution in [3.05, 3.63) is 97.3 Å². The molecule has 0 radical (unpaired) electrons. The molecule has 0 atom stereocenters. The van der Waals surface area contributed by atoms with Crippen LogP contribution < -0.4 is 4.57 Å². The van der Waals surface area contributed by atoms with Crippen LogP contribution in [0.25, 0.3) is 28.2 Å². The zero-order chi connectivity index (χ0) is 16.4. The lowest BCUT2D eigenvalue weighted by atomic mass is 10.0. The molecular weight excluding hydrogens is 292 g/mol. The minimum atomic E-state index is 1.11. The highest BCUT2D eigenvalue weighted by molar-refractivity contribution is 5.77. The molecule has 24 heavy (non-hydrogen) atoms. The Morgan fingerprint density at radius 1 is 0.667 bits per heavy atom. The molecule has 0 saturated heterocycles. The molecule has 116 valence electrons. The second-order valence-electron chi connectivity index (χ2n) is 5.76. The fourth-order valence-corrected chi connectivity index (χ4v) is 3.07. The molecular formula is C22H18N2. The van der Waals surface area contributed by atoms with Crippen molar-refractivity contribution in [2.45, 2.75) is 0 Å². The maximum absolute atomic E-state index is 3.46. The third-order valence-electron chi connectivity index (χ3n) is 4.14. The van der Waals surface area contributed by atoms with Crippen LogP contribution in [0.3, 0.4) is 0 Å². The Kier molecular flexibility index (Phi) is 3.72. The summed E-state index contributed by atoms with van der Waals surface area (Å²) in [5.41, 5.74) is 5.78. The van der Waals surface area contributed by atoms with E-state index in [4.69, 9.17) is 0 Å². The molecule has 0 bridgehead atoms. The Labute approximate surface area is 142 Å². The molecule has 0 saturated carbocycles. The fraction of sp³-hybridized carbons (Fsp3) is 0.0455. The molecule has 0 aliphatic rings. The number of hydrogen-bond donors (Lipinski definition) is 0. The van der Waals surface area contributed by atoms with Crippen LogP contribution in [0.5, 0.6) is 0 Å². The van der Waals surface area contributed by atoms with Crippen LogP contribution >= 0.6 is 0 Å². The summed E-state index contributed by atoms with van der Waals surface area (Å²) in [4.78, 5) is 0. The Hall–Kier alpha value is -3.13. The first kappa shape index (κ1) is 14.5. The van der Waals surface area contributed by atoms with Gasteiger partial charge >= 0.3 is 0 Å². The molecule has 4 rings (SSSR count). The number of aromatic nitrogens is 2. The van der Waals surface area contributed by atoms with E-state index in [9.17, 15) is 0 Å². The van der Waals surface area contributed by atoms with Crippen molar-refractivity contribution in [3.63, 3.8) is 0 Å². The maximum Gasteiger partial charge on any atom is 0.244 e. The summed E-state index contributed by atoms with van der Waals surface area (Å²) < 4.78 is 4.21. The van der Waals surface area contributed by atoms with Crippen LogP contribution in [0.4, 0.5) is 0 Å². The molecule has 2 nitrogen and oxygen atoms in total. The number of nitrogens with zero attached hydrogens (tertiary/aromatic N) is 2. The molecule has 4 aromatic rings. The topological polar surface area (TPSA) is 8.81 Å². The highest BCUT2D eigenvalue weighted by Crippen LogP contribution is 2.31. The van der Waals surface area contributed by atoms with Gasteiger partial charge in [-0.05, 0) is 11.1 Å². The first-order chi connectivity index (χ1) is 11.8. The normalized spacial score (nSPS) is 10.7. The Bertz CT molecular complexity index is 939. The molecule has 2 heteroatoms. The van der Waals surface area contributed by atoms with Gasteiger partial charge in [-0.2, -0.15) is 0 Å². The van der Waals surface area contributed by atoms with Crippen molar-refractivity contribution >= 4 is 0 Å². The summed E-state index contributed by atoms with van der Waals surface area (Å²) in [6.07, 6.45) is 3.46. The van der Waals surface area contributed by atoms with Gasteiger partial charge in [0.15, 0.2) is 0 Å². The van der Waals surface area contributed by atoms with E-state index >= 15 is 0 Å². The van der Waals surface area contributed by atoms with Gasteiger partial charge in [0.25, 0.3) is 0 Å².